The predicted octanol–water partition coefficient (Wildman–Crippen LogP) is 1.86. The first-order chi connectivity index (χ1) is 12.2. The standard InChI is InChI=1S/C17H18N4O4/c1-23-11-16-19-13-10-20(8-5-14(13)25-16)17(22)15-4-3-12(24-15)9-21-7-2-6-18-21/h2-4,6-7H,5,8-11H2,1H3. The van der Waals surface area contributed by atoms with Crippen LogP contribution in [-0.2, 0) is 30.9 Å². The molecule has 0 bridgehead atoms. The van der Waals surface area contributed by atoms with Gasteiger partial charge >= 0.3 is 0 Å². The monoisotopic (exact) mass is 342 g/mol. The first-order valence-corrected chi connectivity index (χ1v) is 8.05. The minimum absolute atomic E-state index is 0.145. The Morgan fingerprint density at radius 3 is 3.08 bits per heavy atom. The summed E-state index contributed by atoms with van der Waals surface area (Å²) in [6.07, 6.45) is 4.19. The number of nitrogens with zero attached hydrogens (tertiary/aromatic N) is 4. The average molecular weight is 342 g/mol. The van der Waals surface area contributed by atoms with Crippen molar-refractivity contribution in [3.8, 4) is 0 Å². The lowest BCUT2D eigenvalue weighted by Gasteiger charge is -2.24. The molecule has 3 aromatic heterocycles. The lowest BCUT2D eigenvalue weighted by atomic mass is 10.1. The first kappa shape index (κ1) is 15.6. The molecule has 3 aromatic rings. The average Bonchev–Trinajstić information content (AvgIpc) is 3.34. The Kier molecular flexibility index (Phi) is 4.10. The number of amides is 1. The quantitative estimate of drug-likeness (QED) is 0.703. The van der Waals surface area contributed by atoms with Crippen LogP contribution in [0.4, 0.5) is 0 Å². The van der Waals surface area contributed by atoms with E-state index >= 15 is 0 Å². The Balaban J connectivity index is 1.45. The van der Waals surface area contributed by atoms with Gasteiger partial charge in [-0.25, -0.2) is 4.98 Å². The Labute approximate surface area is 144 Å². The van der Waals surface area contributed by atoms with Gasteiger partial charge in [0.1, 0.15) is 23.8 Å². The van der Waals surface area contributed by atoms with Gasteiger partial charge in [-0.05, 0) is 18.2 Å². The number of hydrogen-bond acceptors (Lipinski definition) is 6. The number of carbonyl (C=O) groups is 1. The summed E-state index contributed by atoms with van der Waals surface area (Å²) in [6.45, 7) is 1.81. The maximum absolute atomic E-state index is 12.7. The second-order valence-electron chi connectivity index (χ2n) is 5.86. The lowest BCUT2D eigenvalue weighted by Crippen LogP contribution is -2.35. The fraction of sp³-hybridized carbons (Fsp3) is 0.353. The van der Waals surface area contributed by atoms with Crippen LogP contribution in [0.3, 0.4) is 0 Å². The summed E-state index contributed by atoms with van der Waals surface area (Å²) in [5.41, 5.74) is 0.787. The summed E-state index contributed by atoms with van der Waals surface area (Å²) in [7, 11) is 1.59. The molecule has 8 nitrogen and oxygen atoms in total. The SMILES string of the molecule is COCc1nc2c(o1)CCN(C(=O)c1ccc(Cn3cccn3)o1)C2. The van der Waals surface area contributed by atoms with Crippen molar-refractivity contribution in [2.75, 3.05) is 13.7 Å². The molecule has 1 aliphatic heterocycles. The second kappa shape index (κ2) is 6.56. The Hall–Kier alpha value is -2.87. The molecule has 0 atom stereocenters. The normalized spacial score (nSPS) is 13.9. The number of carbonyl (C=O) groups excluding carboxylic acids is 1. The van der Waals surface area contributed by atoms with Crippen molar-refractivity contribution >= 4 is 5.91 Å². The third kappa shape index (κ3) is 3.20. The zero-order valence-electron chi connectivity index (χ0n) is 13.8. The van der Waals surface area contributed by atoms with E-state index in [1.165, 1.54) is 0 Å². The molecule has 0 aliphatic carbocycles. The zero-order chi connectivity index (χ0) is 17.2. The molecule has 0 spiro atoms. The first-order valence-electron chi connectivity index (χ1n) is 8.05. The molecule has 0 fully saturated rings. The van der Waals surface area contributed by atoms with Gasteiger partial charge in [-0.1, -0.05) is 0 Å². The highest BCUT2D eigenvalue weighted by Crippen LogP contribution is 2.22. The molecule has 0 N–H and O–H groups in total. The minimum atomic E-state index is -0.145. The highest BCUT2D eigenvalue weighted by Gasteiger charge is 2.27. The molecule has 1 aliphatic rings. The van der Waals surface area contributed by atoms with Gasteiger partial charge in [0.05, 0.1) is 13.1 Å². The topological polar surface area (TPSA) is 86.5 Å². The summed E-state index contributed by atoms with van der Waals surface area (Å²) >= 11 is 0. The third-order valence-corrected chi connectivity index (χ3v) is 4.08. The number of furan rings is 1. The summed E-state index contributed by atoms with van der Waals surface area (Å²) < 4.78 is 18.1. The number of methoxy groups -OCH3 is 1. The van der Waals surface area contributed by atoms with Crippen LogP contribution < -0.4 is 0 Å². The van der Waals surface area contributed by atoms with Gasteiger partial charge in [-0.2, -0.15) is 5.10 Å². The summed E-state index contributed by atoms with van der Waals surface area (Å²) in [6, 6.07) is 5.35. The fourth-order valence-corrected chi connectivity index (χ4v) is 2.90. The molecule has 1 amide bonds. The molecule has 0 unspecified atom stereocenters. The van der Waals surface area contributed by atoms with Crippen molar-refractivity contribution < 1.29 is 18.4 Å². The number of hydrogen-bond donors (Lipinski definition) is 0. The smallest absolute Gasteiger partial charge is 0.289 e. The van der Waals surface area contributed by atoms with Crippen molar-refractivity contribution in [1.29, 1.82) is 0 Å². The summed E-state index contributed by atoms with van der Waals surface area (Å²) in [5, 5.41) is 4.13. The predicted molar refractivity (Wildman–Crippen MR) is 85.7 cm³/mol. The molecule has 0 radical (unpaired) electrons. The molecule has 4 heterocycles. The van der Waals surface area contributed by atoms with E-state index in [0.717, 1.165) is 11.5 Å². The van der Waals surface area contributed by atoms with E-state index in [1.807, 2.05) is 12.3 Å². The highest BCUT2D eigenvalue weighted by atomic mass is 16.5. The van der Waals surface area contributed by atoms with Crippen molar-refractivity contribution in [3.05, 3.63) is 59.5 Å². The van der Waals surface area contributed by atoms with E-state index in [2.05, 4.69) is 10.1 Å². The molecule has 4 rings (SSSR count). The van der Waals surface area contributed by atoms with Crippen LogP contribution >= 0.6 is 0 Å². The largest absolute Gasteiger partial charge is 0.454 e. The van der Waals surface area contributed by atoms with Gasteiger partial charge in [0.25, 0.3) is 5.91 Å². The molecule has 0 saturated heterocycles. The van der Waals surface area contributed by atoms with Gasteiger partial charge in [0.15, 0.2) is 5.76 Å². The van der Waals surface area contributed by atoms with Crippen LogP contribution in [0.2, 0.25) is 0 Å². The van der Waals surface area contributed by atoms with E-state index in [4.69, 9.17) is 13.6 Å². The maximum atomic E-state index is 12.7. The maximum Gasteiger partial charge on any atom is 0.289 e. The van der Waals surface area contributed by atoms with Gasteiger partial charge in [-0.15, -0.1) is 0 Å². The van der Waals surface area contributed by atoms with Crippen LogP contribution in [0.1, 0.15) is 33.7 Å². The number of fused-ring (bicyclic) bond motifs is 1. The van der Waals surface area contributed by atoms with Crippen molar-refractivity contribution in [2.45, 2.75) is 26.1 Å². The van der Waals surface area contributed by atoms with E-state index in [9.17, 15) is 4.79 Å². The van der Waals surface area contributed by atoms with E-state index < -0.39 is 0 Å². The van der Waals surface area contributed by atoms with Crippen LogP contribution in [0.5, 0.6) is 0 Å². The minimum Gasteiger partial charge on any atom is -0.454 e. The van der Waals surface area contributed by atoms with Gasteiger partial charge < -0.3 is 18.5 Å². The van der Waals surface area contributed by atoms with Crippen LogP contribution in [0, 0.1) is 0 Å². The van der Waals surface area contributed by atoms with Crippen LogP contribution in [0.15, 0.2) is 39.4 Å². The number of aromatic nitrogens is 3. The Morgan fingerprint density at radius 2 is 2.28 bits per heavy atom. The van der Waals surface area contributed by atoms with Gasteiger partial charge in [0.2, 0.25) is 5.89 Å². The molecule has 0 saturated carbocycles. The van der Waals surface area contributed by atoms with Gasteiger partial charge in [-0.3, -0.25) is 9.48 Å². The number of oxazole rings is 1. The second-order valence-corrected chi connectivity index (χ2v) is 5.86. The van der Waals surface area contributed by atoms with Crippen LogP contribution in [0.25, 0.3) is 0 Å². The molecular formula is C17H18N4O4. The molecule has 130 valence electrons. The van der Waals surface area contributed by atoms with E-state index in [0.29, 0.717) is 50.1 Å². The van der Waals surface area contributed by atoms with Crippen LogP contribution in [-0.4, -0.2) is 39.2 Å². The molecular weight excluding hydrogens is 324 g/mol. The van der Waals surface area contributed by atoms with Crippen molar-refractivity contribution in [2.24, 2.45) is 0 Å². The van der Waals surface area contributed by atoms with Crippen molar-refractivity contribution in [1.82, 2.24) is 19.7 Å². The molecule has 8 heteroatoms. The molecule has 25 heavy (non-hydrogen) atoms. The molecule has 0 aromatic carbocycles. The zero-order valence-corrected chi connectivity index (χ0v) is 13.8. The summed E-state index contributed by atoms with van der Waals surface area (Å²) in [4.78, 5) is 18.8. The fourth-order valence-electron chi connectivity index (χ4n) is 2.90. The Bertz CT molecular complexity index is 865. The van der Waals surface area contributed by atoms with Gasteiger partial charge in [0, 0.05) is 32.5 Å². The third-order valence-electron chi connectivity index (χ3n) is 4.08. The highest BCUT2D eigenvalue weighted by molar-refractivity contribution is 5.91. The lowest BCUT2D eigenvalue weighted by molar-refractivity contribution is 0.0693. The van der Waals surface area contributed by atoms with E-state index in [1.54, 1.807) is 35.0 Å². The van der Waals surface area contributed by atoms with Crippen molar-refractivity contribution in [3.63, 3.8) is 0 Å². The number of rotatable bonds is 5. The Morgan fingerprint density at radius 1 is 1.36 bits per heavy atom. The van der Waals surface area contributed by atoms with E-state index in [-0.39, 0.29) is 5.91 Å². The number of ether oxygens (including phenoxy) is 1. The summed E-state index contributed by atoms with van der Waals surface area (Å²) in [5.74, 6) is 2.24.